The second kappa shape index (κ2) is 8.24. The average molecular weight is 415 g/mol. The van der Waals surface area contributed by atoms with E-state index in [2.05, 4.69) is 16.4 Å². The van der Waals surface area contributed by atoms with Crippen LogP contribution in [-0.2, 0) is 9.84 Å². The molecule has 0 saturated heterocycles. The van der Waals surface area contributed by atoms with Crippen molar-refractivity contribution in [1.82, 2.24) is 4.98 Å². The topological polar surface area (TPSA) is 76.1 Å². The molecule has 3 aromatic rings. The highest BCUT2D eigenvalue weighted by atomic mass is 32.2. The smallest absolute Gasteiger partial charge is 0.258 e. The van der Waals surface area contributed by atoms with E-state index >= 15 is 0 Å². The average Bonchev–Trinajstić information content (AvgIpc) is 3.09. The number of nitrogens with one attached hydrogen (secondary N) is 1. The Hall–Kier alpha value is -2.51. The van der Waals surface area contributed by atoms with Crippen LogP contribution >= 0.6 is 11.3 Å². The summed E-state index contributed by atoms with van der Waals surface area (Å²) in [5, 5.41) is 5.05. The number of rotatable bonds is 6. The van der Waals surface area contributed by atoms with Gasteiger partial charge in [0.1, 0.15) is 0 Å². The van der Waals surface area contributed by atoms with Gasteiger partial charge in [0.25, 0.3) is 5.91 Å². The van der Waals surface area contributed by atoms with Crippen molar-refractivity contribution in [2.45, 2.75) is 32.1 Å². The molecular weight excluding hydrogens is 392 g/mol. The summed E-state index contributed by atoms with van der Waals surface area (Å²) < 4.78 is 24.9. The van der Waals surface area contributed by atoms with Crippen LogP contribution in [0, 0.1) is 13.8 Å². The van der Waals surface area contributed by atoms with Gasteiger partial charge in [-0.05, 0) is 38.0 Å². The Kier molecular flexibility index (Phi) is 5.96. The van der Waals surface area contributed by atoms with Crippen LogP contribution < -0.4 is 5.32 Å². The van der Waals surface area contributed by atoms with Crippen LogP contribution in [0.15, 0.2) is 52.7 Å². The fourth-order valence-electron chi connectivity index (χ4n) is 3.02. The number of anilines is 1. The molecule has 0 aliphatic heterocycles. The lowest BCUT2D eigenvalue weighted by atomic mass is 10.0. The lowest BCUT2D eigenvalue weighted by Gasteiger charge is -2.09. The monoisotopic (exact) mass is 414 g/mol. The summed E-state index contributed by atoms with van der Waals surface area (Å²) >= 11 is 1.31. The molecule has 0 unspecified atom stereocenters. The highest BCUT2D eigenvalue weighted by molar-refractivity contribution is 7.91. The molecule has 7 heteroatoms. The third-order valence-electron chi connectivity index (χ3n) is 4.32. The Morgan fingerprint density at radius 3 is 2.61 bits per heavy atom. The van der Waals surface area contributed by atoms with Crippen molar-refractivity contribution in [2.24, 2.45) is 0 Å². The van der Waals surface area contributed by atoms with Gasteiger partial charge in [0.05, 0.1) is 21.9 Å². The van der Waals surface area contributed by atoms with Crippen LogP contribution in [0.5, 0.6) is 0 Å². The number of carbonyl (C=O) groups excluding carboxylic acids is 1. The molecule has 5 nitrogen and oxygen atoms in total. The molecule has 0 aliphatic carbocycles. The molecule has 1 amide bonds. The maximum atomic E-state index is 12.7. The maximum Gasteiger partial charge on any atom is 0.258 e. The SMILES string of the molecule is CCCS(=O)(=O)c1ccccc1C(=O)Nc1nc(-c2ccc(C)cc2C)cs1. The van der Waals surface area contributed by atoms with Crippen LogP contribution in [0.3, 0.4) is 0 Å². The quantitative estimate of drug-likeness (QED) is 0.625. The number of carbonyl (C=O) groups is 1. The van der Waals surface area contributed by atoms with E-state index in [-0.39, 0.29) is 16.2 Å². The molecule has 0 radical (unpaired) electrons. The number of sulfone groups is 1. The zero-order chi connectivity index (χ0) is 20.3. The molecule has 1 aromatic heterocycles. The molecule has 28 heavy (non-hydrogen) atoms. The van der Waals surface area contributed by atoms with E-state index in [0.29, 0.717) is 11.6 Å². The van der Waals surface area contributed by atoms with Gasteiger partial charge in [0.2, 0.25) is 0 Å². The highest BCUT2D eigenvalue weighted by Gasteiger charge is 2.22. The van der Waals surface area contributed by atoms with Gasteiger partial charge in [-0.3, -0.25) is 10.1 Å². The third-order valence-corrected chi connectivity index (χ3v) is 7.05. The normalized spacial score (nSPS) is 11.4. The minimum atomic E-state index is -3.50. The van der Waals surface area contributed by atoms with E-state index < -0.39 is 15.7 Å². The van der Waals surface area contributed by atoms with Gasteiger partial charge in [0, 0.05) is 10.9 Å². The Labute approximate surface area is 169 Å². The molecule has 0 saturated carbocycles. The highest BCUT2D eigenvalue weighted by Crippen LogP contribution is 2.28. The lowest BCUT2D eigenvalue weighted by molar-refractivity contribution is 0.102. The van der Waals surface area contributed by atoms with Gasteiger partial charge in [-0.1, -0.05) is 42.8 Å². The first-order valence-corrected chi connectivity index (χ1v) is 11.5. The van der Waals surface area contributed by atoms with Crippen molar-refractivity contribution in [3.8, 4) is 11.3 Å². The van der Waals surface area contributed by atoms with E-state index in [1.54, 1.807) is 19.1 Å². The van der Waals surface area contributed by atoms with Gasteiger partial charge in [-0.25, -0.2) is 13.4 Å². The number of aryl methyl sites for hydroxylation is 2. The van der Waals surface area contributed by atoms with Crippen LogP contribution in [0.2, 0.25) is 0 Å². The zero-order valence-corrected chi connectivity index (χ0v) is 17.7. The first-order chi connectivity index (χ1) is 13.3. The Morgan fingerprint density at radius 2 is 1.89 bits per heavy atom. The first kappa shape index (κ1) is 20.2. The maximum absolute atomic E-state index is 12.7. The number of amides is 1. The fourth-order valence-corrected chi connectivity index (χ4v) is 5.27. The van der Waals surface area contributed by atoms with Gasteiger partial charge in [0.15, 0.2) is 15.0 Å². The van der Waals surface area contributed by atoms with Crippen LogP contribution in [0.25, 0.3) is 11.3 Å². The van der Waals surface area contributed by atoms with E-state index in [0.717, 1.165) is 16.8 Å². The summed E-state index contributed by atoms with van der Waals surface area (Å²) in [5.74, 6) is -0.470. The summed E-state index contributed by atoms with van der Waals surface area (Å²) in [6.45, 7) is 5.85. The number of hydrogen-bond acceptors (Lipinski definition) is 5. The van der Waals surface area contributed by atoms with Crippen molar-refractivity contribution in [1.29, 1.82) is 0 Å². The molecule has 1 heterocycles. The second-order valence-electron chi connectivity index (χ2n) is 6.63. The van der Waals surface area contributed by atoms with E-state index in [4.69, 9.17) is 0 Å². The van der Waals surface area contributed by atoms with Crippen molar-refractivity contribution < 1.29 is 13.2 Å². The van der Waals surface area contributed by atoms with Crippen molar-refractivity contribution in [3.63, 3.8) is 0 Å². The van der Waals surface area contributed by atoms with Crippen molar-refractivity contribution >= 4 is 32.2 Å². The van der Waals surface area contributed by atoms with Crippen molar-refractivity contribution in [3.05, 3.63) is 64.5 Å². The molecule has 3 rings (SSSR count). The number of thiazole rings is 1. The van der Waals surface area contributed by atoms with Gasteiger partial charge < -0.3 is 0 Å². The molecule has 0 atom stereocenters. The molecular formula is C21H22N2O3S2. The summed E-state index contributed by atoms with van der Waals surface area (Å²) in [6, 6.07) is 12.4. The Balaban J connectivity index is 1.87. The van der Waals surface area contributed by atoms with Crippen LogP contribution in [0.4, 0.5) is 5.13 Å². The first-order valence-electron chi connectivity index (χ1n) is 8.98. The number of nitrogens with zero attached hydrogens (tertiary/aromatic N) is 1. The predicted octanol–water partition coefficient (Wildman–Crippen LogP) is 4.86. The summed E-state index contributed by atoms with van der Waals surface area (Å²) in [5.41, 5.74) is 4.21. The third kappa shape index (κ3) is 4.31. The summed E-state index contributed by atoms with van der Waals surface area (Å²) in [4.78, 5) is 17.3. The summed E-state index contributed by atoms with van der Waals surface area (Å²) in [7, 11) is -3.50. The minimum Gasteiger partial charge on any atom is -0.298 e. The van der Waals surface area contributed by atoms with Crippen molar-refractivity contribution in [2.75, 3.05) is 11.1 Å². The second-order valence-corrected chi connectivity index (χ2v) is 9.56. The Morgan fingerprint density at radius 1 is 1.14 bits per heavy atom. The molecule has 2 aromatic carbocycles. The van der Waals surface area contributed by atoms with E-state index in [1.165, 1.54) is 29.0 Å². The standard InChI is InChI=1S/C21H22N2O3S2/c1-4-11-28(25,26)19-8-6-5-7-17(19)20(24)23-21-22-18(13-27-21)16-10-9-14(2)12-15(16)3/h5-10,12-13H,4,11H2,1-3H3,(H,22,23,24). The van der Waals surface area contributed by atoms with Gasteiger partial charge in [-0.2, -0.15) is 0 Å². The van der Waals surface area contributed by atoms with Crippen LogP contribution in [-0.4, -0.2) is 25.1 Å². The largest absolute Gasteiger partial charge is 0.298 e. The van der Waals surface area contributed by atoms with Gasteiger partial charge in [-0.15, -0.1) is 11.3 Å². The molecule has 0 spiro atoms. The predicted molar refractivity (Wildman–Crippen MR) is 114 cm³/mol. The van der Waals surface area contributed by atoms with E-state index in [9.17, 15) is 13.2 Å². The zero-order valence-electron chi connectivity index (χ0n) is 16.0. The lowest BCUT2D eigenvalue weighted by Crippen LogP contribution is -2.17. The number of benzene rings is 2. The molecule has 1 N–H and O–H groups in total. The molecule has 0 aliphatic rings. The number of aromatic nitrogens is 1. The molecule has 0 fully saturated rings. The molecule has 146 valence electrons. The molecule has 0 bridgehead atoms. The van der Waals surface area contributed by atoms with Crippen LogP contribution in [0.1, 0.15) is 34.8 Å². The van der Waals surface area contributed by atoms with E-state index in [1.807, 2.05) is 31.4 Å². The summed E-state index contributed by atoms with van der Waals surface area (Å²) in [6.07, 6.45) is 0.490. The number of hydrogen-bond donors (Lipinski definition) is 1. The fraction of sp³-hybridized carbons (Fsp3) is 0.238. The van der Waals surface area contributed by atoms with Gasteiger partial charge >= 0.3 is 0 Å². The Bertz CT molecular complexity index is 1120. The minimum absolute atomic E-state index is 0.00535.